The number of hydrogen-bond acceptors (Lipinski definition) is 16. The van der Waals surface area contributed by atoms with Crippen LogP contribution in [0.5, 0.6) is 0 Å². The van der Waals surface area contributed by atoms with Gasteiger partial charge < -0.3 is 84.6 Å². The lowest BCUT2D eigenvalue weighted by Gasteiger charge is -2.29. The van der Waals surface area contributed by atoms with E-state index in [0.717, 1.165) is 0 Å². The number of amides is 9. The van der Waals surface area contributed by atoms with Gasteiger partial charge in [-0.3, -0.25) is 62.3 Å². The number of benzene rings is 1. The Labute approximate surface area is 440 Å². The smallest absolute Gasteiger partial charge is 0.326 e. The summed E-state index contributed by atoms with van der Waals surface area (Å²) in [5.74, 6) is -19.3. The Bertz CT molecular complexity index is 2280. The van der Waals surface area contributed by atoms with Crippen LogP contribution in [-0.2, 0) is 73.5 Å². The van der Waals surface area contributed by atoms with Gasteiger partial charge >= 0.3 is 29.8 Å². The molecule has 0 aliphatic rings. The summed E-state index contributed by atoms with van der Waals surface area (Å²) >= 11 is 0. The molecule has 0 bridgehead atoms. The third-order valence-electron chi connectivity index (χ3n) is 11.5. The molecule has 0 aromatic heterocycles. The number of hydrogen-bond donors (Lipinski definition) is 16. The minimum atomic E-state index is -2.11. The molecule has 9 amide bonds. The Balaban J connectivity index is 3.45. The zero-order chi connectivity index (χ0) is 58.7. The summed E-state index contributed by atoms with van der Waals surface area (Å²) in [5, 5.41) is 75.4. The average Bonchev–Trinajstić information content (AvgIpc) is 3.34. The summed E-state index contributed by atoms with van der Waals surface area (Å²) in [5.41, 5.74) is 11.5. The molecule has 428 valence electrons. The number of rotatable bonds is 37. The predicted octanol–water partition coefficient (Wildman–Crippen LogP) is -4.45. The lowest BCUT2D eigenvalue weighted by atomic mass is 9.96. The quantitative estimate of drug-likeness (QED) is 0.0299. The normalized spacial score (nSPS) is 14.8. The van der Waals surface area contributed by atoms with Gasteiger partial charge in [-0.1, -0.05) is 64.4 Å². The molecule has 77 heavy (non-hydrogen) atoms. The second kappa shape index (κ2) is 33.6. The Morgan fingerprint density at radius 1 is 0.481 bits per heavy atom. The van der Waals surface area contributed by atoms with E-state index in [-0.39, 0.29) is 25.7 Å². The molecule has 1 aromatic carbocycles. The first-order valence-corrected chi connectivity index (χ1v) is 24.2. The molecule has 0 saturated heterocycles. The minimum absolute atomic E-state index is 0.112. The second-order valence-corrected chi connectivity index (χ2v) is 18.3. The van der Waals surface area contributed by atoms with Gasteiger partial charge in [0.05, 0.1) is 25.5 Å². The Morgan fingerprint density at radius 2 is 0.896 bits per heavy atom. The van der Waals surface area contributed by atoms with Crippen LogP contribution in [0, 0.1) is 11.8 Å². The molecule has 1 rings (SSSR count). The van der Waals surface area contributed by atoms with Crippen LogP contribution < -0.4 is 54.0 Å². The fourth-order valence-electron chi connectivity index (χ4n) is 7.07. The molecule has 10 unspecified atom stereocenters. The molecule has 0 fully saturated rings. The monoisotopic (exact) mass is 1090 g/mol. The molecule has 0 radical (unpaired) electrons. The van der Waals surface area contributed by atoms with Gasteiger partial charge in [0.15, 0.2) is 0 Å². The standard InChI is InChI=1S/C47H70N10O20/c1-5-23(4)38(46(75)50-26(13-16-35(62)63)40(69)51-27(47(76)77)12-14-33(49)59)57-44(73)31(20-37(66)67)55-43(72)30(19-36(64)65)54-41(70)28(17-22(2)3)53-45(74)32(21-58)56-42(71)29(18-24-9-7-6-8-10-24)52-39(68)25(48)11-15-34(60)61/h6-10,22-23,25-32,38,58H,5,11-21,48H2,1-4H3,(H2,49,59)(H,50,75)(H,51,69)(H,52,68)(H,53,74)(H,54,70)(H,55,72)(H,56,71)(H,57,73)(H,60,61)(H,62,63)(H,64,65)(H,66,67)(H,76,77). The molecule has 0 aliphatic heterocycles. The van der Waals surface area contributed by atoms with E-state index >= 15 is 0 Å². The van der Waals surface area contributed by atoms with E-state index in [1.807, 2.05) is 5.32 Å². The first-order valence-electron chi connectivity index (χ1n) is 24.2. The van der Waals surface area contributed by atoms with Crippen LogP contribution in [-0.4, -0.2) is 175 Å². The van der Waals surface area contributed by atoms with Gasteiger partial charge in [0.1, 0.15) is 48.3 Å². The number of aliphatic hydroxyl groups is 1. The number of nitrogens with one attached hydrogen (secondary N) is 8. The number of nitrogens with two attached hydrogens (primary N) is 2. The molecule has 18 N–H and O–H groups in total. The average molecular weight is 1100 g/mol. The number of carbonyl (C=O) groups is 14. The highest BCUT2D eigenvalue weighted by atomic mass is 16.4. The van der Waals surface area contributed by atoms with Crippen LogP contribution in [0.1, 0.15) is 97.5 Å². The highest BCUT2D eigenvalue weighted by molar-refractivity contribution is 6.00. The summed E-state index contributed by atoms with van der Waals surface area (Å²) in [6.07, 6.45) is -5.75. The van der Waals surface area contributed by atoms with Crippen LogP contribution in [0.15, 0.2) is 30.3 Å². The van der Waals surface area contributed by atoms with Gasteiger partial charge in [0.25, 0.3) is 0 Å². The maximum atomic E-state index is 13.9. The maximum absolute atomic E-state index is 13.9. The van der Waals surface area contributed by atoms with Gasteiger partial charge in [-0.05, 0) is 43.1 Å². The van der Waals surface area contributed by atoms with Gasteiger partial charge in [0, 0.05) is 25.7 Å². The maximum Gasteiger partial charge on any atom is 0.326 e. The van der Waals surface area contributed by atoms with Crippen molar-refractivity contribution in [3.63, 3.8) is 0 Å². The lowest BCUT2D eigenvalue weighted by Crippen LogP contribution is -2.61. The largest absolute Gasteiger partial charge is 0.481 e. The van der Waals surface area contributed by atoms with E-state index in [4.69, 9.17) is 16.6 Å². The van der Waals surface area contributed by atoms with Crippen LogP contribution in [0.2, 0.25) is 0 Å². The van der Waals surface area contributed by atoms with Gasteiger partial charge in [-0.2, -0.15) is 0 Å². The van der Waals surface area contributed by atoms with E-state index in [0.29, 0.717) is 5.56 Å². The van der Waals surface area contributed by atoms with Crippen molar-refractivity contribution in [3.05, 3.63) is 35.9 Å². The van der Waals surface area contributed by atoms with Crippen molar-refractivity contribution in [2.75, 3.05) is 6.61 Å². The summed E-state index contributed by atoms with van der Waals surface area (Å²) in [7, 11) is 0. The van der Waals surface area contributed by atoms with Crippen LogP contribution in [0.4, 0.5) is 0 Å². The van der Waals surface area contributed by atoms with E-state index in [1.165, 1.54) is 6.92 Å². The Morgan fingerprint density at radius 3 is 1.38 bits per heavy atom. The van der Waals surface area contributed by atoms with E-state index in [9.17, 15) is 92.7 Å². The topological polar surface area (TPSA) is 509 Å². The van der Waals surface area contributed by atoms with Crippen LogP contribution >= 0.6 is 0 Å². The molecule has 30 heteroatoms. The van der Waals surface area contributed by atoms with Crippen molar-refractivity contribution in [1.82, 2.24) is 42.5 Å². The number of carbonyl (C=O) groups excluding carboxylic acids is 9. The van der Waals surface area contributed by atoms with Gasteiger partial charge in [0.2, 0.25) is 53.2 Å². The van der Waals surface area contributed by atoms with E-state index in [2.05, 4.69) is 37.2 Å². The SMILES string of the molecule is CCC(C)C(NC(=O)C(CC(=O)O)NC(=O)C(CC(=O)O)NC(=O)C(CC(C)C)NC(=O)C(CO)NC(=O)C(Cc1ccccc1)NC(=O)C(N)CCC(=O)O)C(=O)NC(CCC(=O)O)C(=O)NC(CCC(N)=O)C(=O)O. The summed E-state index contributed by atoms with van der Waals surface area (Å²) in [6, 6.07) is -7.43. The second-order valence-electron chi connectivity index (χ2n) is 18.3. The van der Waals surface area contributed by atoms with Crippen molar-refractivity contribution in [1.29, 1.82) is 0 Å². The fraction of sp³-hybridized carbons (Fsp3) is 0.574. The third-order valence-corrected chi connectivity index (χ3v) is 11.5. The zero-order valence-corrected chi connectivity index (χ0v) is 42.8. The summed E-state index contributed by atoms with van der Waals surface area (Å²) < 4.78 is 0. The first kappa shape index (κ1) is 66.7. The Hall–Kier alpha value is -8.28. The molecule has 0 heterocycles. The highest BCUT2D eigenvalue weighted by Crippen LogP contribution is 2.13. The molecule has 10 atom stereocenters. The van der Waals surface area contributed by atoms with Crippen LogP contribution in [0.3, 0.4) is 0 Å². The molecule has 0 aliphatic carbocycles. The zero-order valence-electron chi connectivity index (χ0n) is 42.8. The van der Waals surface area contributed by atoms with Crippen molar-refractivity contribution < 1.29 is 97.8 Å². The minimum Gasteiger partial charge on any atom is -0.481 e. The van der Waals surface area contributed by atoms with Gasteiger partial charge in [-0.15, -0.1) is 0 Å². The van der Waals surface area contributed by atoms with Gasteiger partial charge in [-0.25, -0.2) is 4.79 Å². The van der Waals surface area contributed by atoms with E-state index < -0.39 is 201 Å². The Kier molecular flexibility index (Phi) is 29.1. The third kappa shape index (κ3) is 25.7. The van der Waals surface area contributed by atoms with Crippen molar-refractivity contribution in [2.45, 2.75) is 153 Å². The molecule has 1 aromatic rings. The number of primary amides is 1. The predicted molar refractivity (Wildman–Crippen MR) is 264 cm³/mol. The number of aliphatic carboxylic acids is 5. The van der Waals surface area contributed by atoms with Crippen LogP contribution in [0.25, 0.3) is 0 Å². The first-order chi connectivity index (χ1) is 36.0. The van der Waals surface area contributed by atoms with E-state index in [1.54, 1.807) is 51.1 Å². The molecule has 30 nitrogen and oxygen atoms in total. The van der Waals surface area contributed by atoms with Crippen molar-refractivity contribution in [2.24, 2.45) is 23.3 Å². The summed E-state index contributed by atoms with van der Waals surface area (Å²) in [4.78, 5) is 178. The summed E-state index contributed by atoms with van der Waals surface area (Å²) in [6.45, 7) is 5.12. The molecular formula is C47H70N10O20. The molecule has 0 saturated carbocycles. The highest BCUT2D eigenvalue weighted by Gasteiger charge is 2.37. The lowest BCUT2D eigenvalue weighted by molar-refractivity contribution is -0.144. The number of carboxylic acids is 5. The molecule has 0 spiro atoms. The van der Waals surface area contributed by atoms with Crippen molar-refractivity contribution >= 4 is 83.0 Å². The molecular weight excluding hydrogens is 1020 g/mol. The number of carboxylic acid groups (broad SMARTS) is 5. The fourth-order valence-corrected chi connectivity index (χ4v) is 7.07. The van der Waals surface area contributed by atoms with Crippen molar-refractivity contribution in [3.8, 4) is 0 Å². The number of aliphatic hydroxyl groups excluding tert-OH is 1.